The maximum absolute atomic E-state index is 13.8. The van der Waals surface area contributed by atoms with Crippen LogP contribution in [-0.4, -0.2) is 17.9 Å². The zero-order valence-corrected chi connectivity index (χ0v) is 18.1. The predicted molar refractivity (Wildman–Crippen MR) is 128 cm³/mol. The van der Waals surface area contributed by atoms with E-state index >= 15 is 0 Å². The molecule has 2 saturated heterocycles. The highest BCUT2D eigenvalue weighted by Crippen LogP contribution is 2.48. The van der Waals surface area contributed by atoms with Crippen LogP contribution in [0.3, 0.4) is 0 Å². The van der Waals surface area contributed by atoms with Crippen molar-refractivity contribution in [1.82, 2.24) is 0 Å². The summed E-state index contributed by atoms with van der Waals surface area (Å²) in [4.78, 5) is 34.9. The number of para-hydroxylation sites is 1. The number of hydroxylamine groups is 1. The fraction of sp³-hybridized carbons (Fsp3) is 0.143. The molecule has 0 aromatic heterocycles. The highest BCUT2D eigenvalue weighted by atomic mass is 16.7. The molecule has 0 saturated carbocycles. The molecule has 3 atom stereocenters. The lowest BCUT2D eigenvalue weighted by atomic mass is 9.88. The Hall–Kier alpha value is -3.96. The molecule has 2 aliphatic rings. The number of carbonyl (C=O) groups is 2. The van der Waals surface area contributed by atoms with Crippen molar-refractivity contribution in [2.75, 3.05) is 9.96 Å². The lowest BCUT2D eigenvalue weighted by Gasteiger charge is -2.29. The summed E-state index contributed by atoms with van der Waals surface area (Å²) >= 11 is 0. The summed E-state index contributed by atoms with van der Waals surface area (Å²) in [5, 5.41) is 3.78. The fourth-order valence-corrected chi connectivity index (χ4v) is 5.02. The molecule has 0 spiro atoms. The Kier molecular flexibility index (Phi) is 4.52. The van der Waals surface area contributed by atoms with Crippen LogP contribution in [-0.2, 0) is 14.4 Å². The predicted octanol–water partition coefficient (Wildman–Crippen LogP) is 5.20. The smallest absolute Gasteiger partial charge is 0.266 e. The van der Waals surface area contributed by atoms with Crippen molar-refractivity contribution in [3.05, 3.63) is 108 Å². The standard InChI is InChI=1S/C28H22N2O3/c1-18-9-5-8-14-23(18)25-24-26(33-30(25)21-12-3-2-4-13-21)28(32)29(27(24)31)22-16-15-19-10-6-7-11-20(19)17-22/h2-17,24-26H,1H3/t24-,25+,26+/m0/s1. The van der Waals surface area contributed by atoms with Crippen LogP contribution < -0.4 is 9.96 Å². The van der Waals surface area contributed by atoms with Crippen LogP contribution >= 0.6 is 0 Å². The summed E-state index contributed by atoms with van der Waals surface area (Å²) in [5.41, 5.74) is 3.43. The van der Waals surface area contributed by atoms with E-state index in [0.29, 0.717) is 5.69 Å². The van der Waals surface area contributed by atoms with Gasteiger partial charge in [0.2, 0.25) is 5.91 Å². The van der Waals surface area contributed by atoms with Crippen molar-refractivity contribution in [2.24, 2.45) is 5.92 Å². The van der Waals surface area contributed by atoms with E-state index in [1.54, 1.807) is 5.06 Å². The van der Waals surface area contributed by atoms with Crippen LogP contribution in [0, 0.1) is 12.8 Å². The summed E-state index contributed by atoms with van der Waals surface area (Å²) in [6, 6.07) is 30.8. The van der Waals surface area contributed by atoms with Gasteiger partial charge in [-0.25, -0.2) is 9.96 Å². The minimum atomic E-state index is -0.867. The SMILES string of the molecule is Cc1ccccc1[C@@H]1[C@@H]2C(=O)N(c3ccc4ccccc4c3)C(=O)[C@@H]2ON1c1ccccc1. The number of anilines is 2. The van der Waals surface area contributed by atoms with Crippen LogP contribution in [0.15, 0.2) is 97.1 Å². The minimum absolute atomic E-state index is 0.230. The van der Waals surface area contributed by atoms with E-state index in [1.165, 1.54) is 4.90 Å². The quantitative estimate of drug-likeness (QED) is 0.416. The van der Waals surface area contributed by atoms with Gasteiger partial charge in [0.25, 0.3) is 5.91 Å². The Labute approximate surface area is 191 Å². The van der Waals surface area contributed by atoms with E-state index in [0.717, 1.165) is 27.6 Å². The lowest BCUT2D eigenvalue weighted by molar-refractivity contribution is -0.126. The number of fused-ring (bicyclic) bond motifs is 2. The average molecular weight is 434 g/mol. The second-order valence-corrected chi connectivity index (χ2v) is 8.56. The Morgan fingerprint density at radius 2 is 1.39 bits per heavy atom. The van der Waals surface area contributed by atoms with Crippen molar-refractivity contribution < 1.29 is 14.4 Å². The van der Waals surface area contributed by atoms with E-state index in [1.807, 2.05) is 104 Å². The van der Waals surface area contributed by atoms with Gasteiger partial charge in [0.1, 0.15) is 5.92 Å². The molecular formula is C28H22N2O3. The number of aryl methyl sites for hydroxylation is 1. The molecule has 2 aliphatic heterocycles. The maximum Gasteiger partial charge on any atom is 0.266 e. The topological polar surface area (TPSA) is 49.9 Å². The molecule has 4 aromatic carbocycles. The summed E-state index contributed by atoms with van der Waals surface area (Å²) in [6.07, 6.45) is -0.867. The van der Waals surface area contributed by atoms with Gasteiger partial charge < -0.3 is 0 Å². The number of hydrogen-bond donors (Lipinski definition) is 0. The Bertz CT molecular complexity index is 1380. The number of carbonyl (C=O) groups excluding carboxylic acids is 2. The van der Waals surface area contributed by atoms with Crippen LogP contribution in [0.1, 0.15) is 17.2 Å². The van der Waals surface area contributed by atoms with E-state index in [2.05, 4.69) is 0 Å². The molecule has 0 radical (unpaired) electrons. The van der Waals surface area contributed by atoms with Crippen molar-refractivity contribution in [3.63, 3.8) is 0 Å². The molecule has 5 nitrogen and oxygen atoms in total. The van der Waals surface area contributed by atoms with Gasteiger partial charge in [0.05, 0.1) is 17.4 Å². The Balaban J connectivity index is 1.45. The van der Waals surface area contributed by atoms with Crippen molar-refractivity contribution in [1.29, 1.82) is 0 Å². The van der Waals surface area contributed by atoms with Crippen LogP contribution in [0.4, 0.5) is 11.4 Å². The summed E-state index contributed by atoms with van der Waals surface area (Å²) < 4.78 is 0. The number of nitrogens with zero attached hydrogens (tertiary/aromatic N) is 2. The van der Waals surface area contributed by atoms with E-state index < -0.39 is 18.1 Å². The average Bonchev–Trinajstić information content (AvgIpc) is 3.35. The second kappa shape index (κ2) is 7.57. The van der Waals surface area contributed by atoms with Crippen molar-refractivity contribution in [2.45, 2.75) is 19.1 Å². The largest absolute Gasteiger partial charge is 0.273 e. The third-order valence-electron chi connectivity index (χ3n) is 6.62. The molecule has 0 unspecified atom stereocenters. The first-order valence-corrected chi connectivity index (χ1v) is 11.1. The molecule has 2 amide bonds. The van der Waals surface area contributed by atoms with Gasteiger partial charge in [0.15, 0.2) is 6.10 Å². The minimum Gasteiger partial charge on any atom is -0.273 e. The monoisotopic (exact) mass is 434 g/mol. The zero-order chi connectivity index (χ0) is 22.5. The molecular weight excluding hydrogens is 412 g/mol. The highest BCUT2D eigenvalue weighted by Gasteiger charge is 2.60. The molecule has 0 bridgehead atoms. The molecule has 162 valence electrons. The third-order valence-corrected chi connectivity index (χ3v) is 6.62. The van der Waals surface area contributed by atoms with E-state index in [9.17, 15) is 9.59 Å². The van der Waals surface area contributed by atoms with Gasteiger partial charge in [-0.3, -0.25) is 14.4 Å². The summed E-state index contributed by atoms with van der Waals surface area (Å²) in [7, 11) is 0. The van der Waals surface area contributed by atoms with Crippen molar-refractivity contribution >= 4 is 34.0 Å². The normalized spacial score (nSPS) is 22.3. The van der Waals surface area contributed by atoms with Crippen LogP contribution in [0.25, 0.3) is 10.8 Å². The first kappa shape index (κ1) is 19.7. The van der Waals surface area contributed by atoms with Gasteiger partial charge in [-0.15, -0.1) is 0 Å². The van der Waals surface area contributed by atoms with Gasteiger partial charge in [-0.2, -0.15) is 0 Å². The zero-order valence-electron chi connectivity index (χ0n) is 18.1. The molecule has 0 aliphatic carbocycles. The molecule has 2 fully saturated rings. The van der Waals surface area contributed by atoms with Gasteiger partial charge >= 0.3 is 0 Å². The Morgan fingerprint density at radius 3 is 2.18 bits per heavy atom. The molecule has 33 heavy (non-hydrogen) atoms. The van der Waals surface area contributed by atoms with Crippen molar-refractivity contribution in [3.8, 4) is 0 Å². The number of amides is 2. The fourth-order valence-electron chi connectivity index (χ4n) is 5.02. The summed E-state index contributed by atoms with van der Waals surface area (Å²) in [5.74, 6) is -1.19. The maximum atomic E-state index is 13.8. The third kappa shape index (κ3) is 3.04. The van der Waals surface area contributed by atoms with E-state index in [4.69, 9.17) is 4.84 Å². The molecule has 4 aromatic rings. The van der Waals surface area contributed by atoms with E-state index in [-0.39, 0.29) is 11.8 Å². The molecule has 6 rings (SSSR count). The Morgan fingerprint density at radius 1 is 0.697 bits per heavy atom. The number of hydrogen-bond acceptors (Lipinski definition) is 4. The number of benzene rings is 4. The second-order valence-electron chi connectivity index (χ2n) is 8.56. The summed E-state index contributed by atoms with van der Waals surface area (Å²) in [6.45, 7) is 2.02. The molecule has 0 N–H and O–H groups in total. The van der Waals surface area contributed by atoms with Gasteiger partial charge in [-0.1, -0.05) is 72.8 Å². The van der Waals surface area contributed by atoms with Gasteiger partial charge in [-0.05, 0) is 53.1 Å². The lowest BCUT2D eigenvalue weighted by Crippen LogP contribution is -2.37. The number of imide groups is 1. The van der Waals surface area contributed by atoms with Crippen LogP contribution in [0.2, 0.25) is 0 Å². The molecule has 2 heterocycles. The number of rotatable bonds is 3. The highest BCUT2D eigenvalue weighted by molar-refractivity contribution is 6.24. The first-order chi connectivity index (χ1) is 16.1. The first-order valence-electron chi connectivity index (χ1n) is 11.1. The van der Waals surface area contributed by atoms with Crippen LogP contribution in [0.5, 0.6) is 0 Å². The molecule has 5 heteroatoms. The van der Waals surface area contributed by atoms with Gasteiger partial charge in [0, 0.05) is 0 Å².